The Hall–Kier alpha value is -1.98. The lowest BCUT2D eigenvalue weighted by Gasteiger charge is -2.21. The van der Waals surface area contributed by atoms with Crippen LogP contribution in [0, 0.1) is 11.3 Å². The number of ether oxygens (including phenoxy) is 1. The highest BCUT2D eigenvalue weighted by atomic mass is 16.5. The minimum Gasteiger partial charge on any atom is -0.394 e. The Bertz CT molecular complexity index is 616. The second-order valence-electron chi connectivity index (χ2n) is 4.18. The zero-order valence-electron chi connectivity index (χ0n) is 10.7. The van der Waals surface area contributed by atoms with E-state index in [4.69, 9.17) is 14.9 Å². The van der Waals surface area contributed by atoms with Gasteiger partial charge in [0.25, 0.3) is 0 Å². The summed E-state index contributed by atoms with van der Waals surface area (Å²) in [5.41, 5.74) is 0.866. The van der Waals surface area contributed by atoms with E-state index in [9.17, 15) is 10.4 Å². The molecule has 0 radical (unpaired) electrons. The summed E-state index contributed by atoms with van der Waals surface area (Å²) in [6.45, 7) is -1.22. The summed E-state index contributed by atoms with van der Waals surface area (Å²) < 4.78 is 6.62. The fraction of sp³-hybridized carbons (Fsp3) is 0.385. The average molecular weight is 277 g/mol. The minimum absolute atomic E-state index is 0.259. The Labute approximate surface area is 115 Å². The first kappa shape index (κ1) is 14.4. The number of aromatic nitrogens is 2. The van der Waals surface area contributed by atoms with Crippen molar-refractivity contribution < 1.29 is 20.1 Å². The number of aliphatic hydroxyl groups excluding tert-OH is 3. The third kappa shape index (κ3) is 2.64. The third-order valence-electron chi connectivity index (χ3n) is 2.90. The van der Waals surface area contributed by atoms with E-state index in [0.29, 0.717) is 10.9 Å². The fourth-order valence-corrected chi connectivity index (χ4v) is 1.91. The number of nitrogens with zero attached hydrogens (tertiary/aromatic N) is 3. The van der Waals surface area contributed by atoms with Crippen LogP contribution >= 0.6 is 0 Å². The summed E-state index contributed by atoms with van der Waals surface area (Å²) >= 11 is 0. The molecule has 2 rings (SSSR count). The maximum Gasteiger partial charge on any atom is 0.175 e. The quantitative estimate of drug-likeness (QED) is 0.672. The molecule has 0 fully saturated rings. The van der Waals surface area contributed by atoms with Gasteiger partial charge < -0.3 is 20.1 Å². The molecule has 1 atom stereocenters. The monoisotopic (exact) mass is 277 g/mol. The largest absolute Gasteiger partial charge is 0.394 e. The summed E-state index contributed by atoms with van der Waals surface area (Å²) in [4.78, 5) is 0. The molecule has 20 heavy (non-hydrogen) atoms. The molecule has 7 nitrogen and oxygen atoms in total. The van der Waals surface area contributed by atoms with E-state index >= 15 is 0 Å². The van der Waals surface area contributed by atoms with E-state index < -0.39 is 32.2 Å². The van der Waals surface area contributed by atoms with Crippen molar-refractivity contribution in [2.75, 3.05) is 19.8 Å². The molecule has 1 unspecified atom stereocenters. The topological polar surface area (TPSA) is 112 Å². The van der Waals surface area contributed by atoms with Crippen LogP contribution in [0.1, 0.15) is 11.9 Å². The van der Waals surface area contributed by atoms with Crippen LogP contribution in [0.5, 0.6) is 0 Å². The normalized spacial score (nSPS) is 12.8. The molecule has 0 aliphatic rings. The molecule has 1 heterocycles. The lowest BCUT2D eigenvalue weighted by atomic mass is 10.2. The van der Waals surface area contributed by atoms with Crippen molar-refractivity contribution in [1.29, 1.82) is 5.26 Å². The number of hydrogen-bond donors (Lipinski definition) is 3. The van der Waals surface area contributed by atoms with Gasteiger partial charge in [-0.15, -0.1) is 0 Å². The Morgan fingerprint density at radius 1 is 1.20 bits per heavy atom. The van der Waals surface area contributed by atoms with Crippen molar-refractivity contribution >= 4 is 10.9 Å². The van der Waals surface area contributed by atoms with Crippen LogP contribution in [0.15, 0.2) is 24.3 Å². The second-order valence-corrected chi connectivity index (χ2v) is 4.18. The maximum atomic E-state index is 9.41. The summed E-state index contributed by atoms with van der Waals surface area (Å²) in [5.74, 6) is 0. The van der Waals surface area contributed by atoms with Crippen LogP contribution in [0.4, 0.5) is 0 Å². The highest BCUT2D eigenvalue weighted by molar-refractivity contribution is 5.83. The van der Waals surface area contributed by atoms with E-state index in [1.807, 2.05) is 6.07 Å². The van der Waals surface area contributed by atoms with E-state index in [1.165, 1.54) is 4.68 Å². The molecule has 0 aliphatic carbocycles. The summed E-state index contributed by atoms with van der Waals surface area (Å²) in [5, 5.41) is 41.6. The lowest BCUT2D eigenvalue weighted by Crippen LogP contribution is -2.30. The first-order chi connectivity index (χ1) is 9.74. The van der Waals surface area contributed by atoms with Gasteiger partial charge in [-0.05, 0) is 12.1 Å². The zero-order valence-corrected chi connectivity index (χ0v) is 10.7. The first-order valence-electron chi connectivity index (χ1n) is 6.10. The summed E-state index contributed by atoms with van der Waals surface area (Å²) in [6, 6.07) is 9.10. The highest BCUT2D eigenvalue weighted by Gasteiger charge is 2.22. The molecule has 0 bridgehead atoms. The standard InChI is InChI=1S/C13H15N3O4/c14-5-12-10-3-1-2-4-11(10)15-16(12)13(8-19)20-9(6-17)7-18/h1-4,9,13,17-19H,6-8H2. The zero-order chi connectivity index (χ0) is 14.5. The lowest BCUT2D eigenvalue weighted by molar-refractivity contribution is -0.116. The fourth-order valence-electron chi connectivity index (χ4n) is 1.91. The predicted octanol–water partition coefficient (Wildman–Crippen LogP) is -0.231. The molecule has 106 valence electrons. The molecule has 2 aromatic rings. The van der Waals surface area contributed by atoms with Crippen LogP contribution < -0.4 is 0 Å². The van der Waals surface area contributed by atoms with E-state index in [1.54, 1.807) is 24.3 Å². The smallest absolute Gasteiger partial charge is 0.175 e. The molecule has 0 spiro atoms. The maximum absolute atomic E-state index is 9.41. The molecular formula is C13H15N3O4. The van der Waals surface area contributed by atoms with Crippen LogP contribution in [0.3, 0.4) is 0 Å². The van der Waals surface area contributed by atoms with Crippen LogP contribution in [-0.4, -0.2) is 51.0 Å². The van der Waals surface area contributed by atoms with Gasteiger partial charge in [0, 0.05) is 5.39 Å². The van der Waals surface area contributed by atoms with Crippen LogP contribution in [0.2, 0.25) is 0 Å². The summed E-state index contributed by atoms with van der Waals surface area (Å²) in [7, 11) is 0. The van der Waals surface area contributed by atoms with Gasteiger partial charge in [0.2, 0.25) is 0 Å². The number of nitriles is 1. The number of rotatable bonds is 6. The molecular weight excluding hydrogens is 262 g/mol. The Morgan fingerprint density at radius 2 is 1.90 bits per heavy atom. The molecule has 0 saturated carbocycles. The Kier molecular flexibility index (Phi) is 4.65. The van der Waals surface area contributed by atoms with Gasteiger partial charge in [0.1, 0.15) is 17.9 Å². The first-order valence-corrected chi connectivity index (χ1v) is 6.10. The predicted molar refractivity (Wildman–Crippen MR) is 69.6 cm³/mol. The van der Waals surface area contributed by atoms with Crippen molar-refractivity contribution in [1.82, 2.24) is 9.78 Å². The minimum atomic E-state index is -0.943. The Morgan fingerprint density at radius 3 is 2.50 bits per heavy atom. The van der Waals surface area contributed by atoms with Crippen molar-refractivity contribution in [3.8, 4) is 6.07 Å². The van der Waals surface area contributed by atoms with E-state index in [-0.39, 0.29) is 5.69 Å². The van der Waals surface area contributed by atoms with Gasteiger partial charge in [-0.2, -0.15) is 10.4 Å². The van der Waals surface area contributed by atoms with Crippen molar-refractivity contribution in [3.05, 3.63) is 30.0 Å². The molecule has 0 aliphatic heterocycles. The molecule has 1 aromatic carbocycles. The molecule has 3 N–H and O–H groups in total. The van der Waals surface area contributed by atoms with Gasteiger partial charge in [0.15, 0.2) is 6.23 Å². The Balaban J connectivity index is 2.41. The van der Waals surface area contributed by atoms with Crippen molar-refractivity contribution in [2.45, 2.75) is 12.3 Å². The van der Waals surface area contributed by atoms with Gasteiger partial charge in [0.05, 0.1) is 25.3 Å². The van der Waals surface area contributed by atoms with Gasteiger partial charge in [-0.3, -0.25) is 0 Å². The molecule has 7 heteroatoms. The van der Waals surface area contributed by atoms with Gasteiger partial charge >= 0.3 is 0 Å². The van der Waals surface area contributed by atoms with Gasteiger partial charge in [-0.1, -0.05) is 12.1 Å². The number of benzene rings is 1. The molecule has 0 amide bonds. The van der Waals surface area contributed by atoms with E-state index in [2.05, 4.69) is 5.10 Å². The molecule has 0 saturated heterocycles. The van der Waals surface area contributed by atoms with Crippen LogP contribution in [0.25, 0.3) is 10.9 Å². The summed E-state index contributed by atoms with van der Waals surface area (Å²) in [6.07, 6.45) is -1.78. The van der Waals surface area contributed by atoms with Crippen molar-refractivity contribution in [2.24, 2.45) is 0 Å². The molecule has 1 aromatic heterocycles. The highest BCUT2D eigenvalue weighted by Crippen LogP contribution is 2.22. The van der Waals surface area contributed by atoms with Crippen LogP contribution in [-0.2, 0) is 4.74 Å². The van der Waals surface area contributed by atoms with Gasteiger partial charge in [-0.25, -0.2) is 4.68 Å². The third-order valence-corrected chi connectivity index (χ3v) is 2.90. The number of aliphatic hydroxyl groups is 3. The number of hydrogen-bond acceptors (Lipinski definition) is 6. The van der Waals surface area contributed by atoms with Crippen molar-refractivity contribution in [3.63, 3.8) is 0 Å². The second kappa shape index (κ2) is 6.45. The average Bonchev–Trinajstić information content (AvgIpc) is 2.87. The SMILES string of the molecule is N#Cc1c2ccccc2nn1C(CO)OC(CO)CO. The van der Waals surface area contributed by atoms with E-state index in [0.717, 1.165) is 0 Å². The number of fused-ring (bicyclic) bond motifs is 1.